The van der Waals surface area contributed by atoms with Crippen molar-refractivity contribution in [1.82, 2.24) is 4.90 Å². The molecule has 3 heteroatoms. The molecule has 0 aromatic heterocycles. The van der Waals surface area contributed by atoms with E-state index in [9.17, 15) is 10.2 Å². The molecule has 0 aromatic carbocycles. The van der Waals surface area contributed by atoms with Crippen molar-refractivity contribution in [3.63, 3.8) is 0 Å². The Bertz CT molecular complexity index is 168. The van der Waals surface area contributed by atoms with E-state index < -0.39 is 11.7 Å². The Morgan fingerprint density at radius 1 is 1.07 bits per heavy atom. The van der Waals surface area contributed by atoms with Crippen molar-refractivity contribution in [2.24, 2.45) is 0 Å². The van der Waals surface area contributed by atoms with Crippen LogP contribution in [0.5, 0.6) is 0 Å². The first-order chi connectivity index (χ1) is 6.65. The Morgan fingerprint density at radius 2 is 1.47 bits per heavy atom. The molecule has 0 spiro atoms. The number of aliphatic hydroxyl groups excluding tert-OH is 1. The minimum absolute atomic E-state index is 0.408. The molecular weight excluding hydrogens is 190 g/mol. The molecule has 0 saturated heterocycles. The summed E-state index contributed by atoms with van der Waals surface area (Å²) in [6, 6.07) is 0.816. The monoisotopic (exact) mass is 217 g/mol. The minimum atomic E-state index is -0.817. The third-order valence-corrected chi connectivity index (χ3v) is 2.58. The summed E-state index contributed by atoms with van der Waals surface area (Å²) in [7, 11) is 0. The van der Waals surface area contributed by atoms with E-state index >= 15 is 0 Å². The highest BCUT2D eigenvalue weighted by Gasteiger charge is 2.28. The van der Waals surface area contributed by atoms with Crippen molar-refractivity contribution < 1.29 is 10.2 Å². The number of hydrogen-bond acceptors (Lipinski definition) is 3. The molecule has 2 atom stereocenters. The summed E-state index contributed by atoms with van der Waals surface area (Å²) in [5.41, 5.74) is -0.817. The van der Waals surface area contributed by atoms with Gasteiger partial charge in [-0.15, -0.1) is 0 Å². The van der Waals surface area contributed by atoms with Crippen molar-refractivity contribution >= 4 is 0 Å². The van der Waals surface area contributed by atoms with Crippen LogP contribution in [0.2, 0.25) is 0 Å². The van der Waals surface area contributed by atoms with Gasteiger partial charge in [0.1, 0.15) is 0 Å². The summed E-state index contributed by atoms with van der Waals surface area (Å²) < 4.78 is 0. The standard InChI is InChI=1S/C12H27NO2/c1-9(2)13(10(3)4)8-12(6,15)7-11(5)14/h9-11,14-15H,7-8H2,1-6H3/t11-,12?/m1/s1. The maximum atomic E-state index is 10.2. The van der Waals surface area contributed by atoms with E-state index in [0.717, 1.165) is 0 Å². The van der Waals surface area contributed by atoms with Crippen molar-refractivity contribution in [3.8, 4) is 0 Å². The van der Waals surface area contributed by atoms with E-state index in [2.05, 4.69) is 32.6 Å². The predicted molar refractivity (Wildman–Crippen MR) is 63.9 cm³/mol. The predicted octanol–water partition coefficient (Wildman–Crippen LogP) is 1.63. The van der Waals surface area contributed by atoms with Crippen LogP contribution < -0.4 is 0 Å². The first kappa shape index (κ1) is 14.9. The second-order valence-corrected chi connectivity index (χ2v) is 5.41. The molecule has 1 unspecified atom stereocenters. The van der Waals surface area contributed by atoms with E-state index in [1.165, 1.54) is 0 Å². The highest BCUT2D eigenvalue weighted by Crippen LogP contribution is 2.17. The summed E-state index contributed by atoms with van der Waals surface area (Å²) in [6.45, 7) is 12.6. The molecule has 0 bridgehead atoms. The van der Waals surface area contributed by atoms with Gasteiger partial charge < -0.3 is 10.2 Å². The largest absolute Gasteiger partial charge is 0.393 e. The average Bonchev–Trinajstić information content (AvgIpc) is 1.96. The van der Waals surface area contributed by atoms with E-state index in [1.807, 2.05) is 0 Å². The number of nitrogens with zero attached hydrogens (tertiary/aromatic N) is 1. The maximum Gasteiger partial charge on any atom is 0.0770 e. The fourth-order valence-electron chi connectivity index (χ4n) is 2.06. The summed E-state index contributed by atoms with van der Waals surface area (Å²) in [6.07, 6.45) is -0.0377. The van der Waals surface area contributed by atoms with Gasteiger partial charge in [-0.1, -0.05) is 0 Å². The lowest BCUT2D eigenvalue weighted by atomic mass is 9.97. The minimum Gasteiger partial charge on any atom is -0.393 e. The van der Waals surface area contributed by atoms with E-state index in [4.69, 9.17) is 0 Å². The molecule has 0 amide bonds. The second-order valence-electron chi connectivity index (χ2n) is 5.41. The first-order valence-corrected chi connectivity index (χ1v) is 5.82. The van der Waals surface area contributed by atoms with Crippen LogP contribution in [0.3, 0.4) is 0 Å². The Hall–Kier alpha value is -0.120. The van der Waals surface area contributed by atoms with Crippen LogP contribution in [-0.2, 0) is 0 Å². The lowest BCUT2D eigenvalue weighted by molar-refractivity contribution is -0.0317. The molecule has 0 aromatic rings. The smallest absolute Gasteiger partial charge is 0.0770 e. The summed E-state index contributed by atoms with van der Waals surface area (Å²) in [5, 5.41) is 19.5. The van der Waals surface area contributed by atoms with Gasteiger partial charge in [0.15, 0.2) is 0 Å². The van der Waals surface area contributed by atoms with Crippen molar-refractivity contribution in [2.45, 2.75) is 71.8 Å². The van der Waals surface area contributed by atoms with Gasteiger partial charge in [0, 0.05) is 25.0 Å². The molecule has 0 fully saturated rings. The summed E-state index contributed by atoms with van der Waals surface area (Å²) in [5.74, 6) is 0. The SMILES string of the molecule is CC(C)N(CC(C)(O)C[C@@H](C)O)C(C)C. The van der Waals surface area contributed by atoms with Crippen LogP contribution in [0.1, 0.15) is 48.0 Å². The van der Waals surface area contributed by atoms with E-state index in [0.29, 0.717) is 25.0 Å². The van der Waals surface area contributed by atoms with Crippen LogP contribution in [-0.4, -0.2) is 45.4 Å². The van der Waals surface area contributed by atoms with Gasteiger partial charge in [-0.05, 0) is 41.5 Å². The van der Waals surface area contributed by atoms with Crippen LogP contribution in [0.25, 0.3) is 0 Å². The van der Waals surface area contributed by atoms with Crippen molar-refractivity contribution in [2.75, 3.05) is 6.54 Å². The van der Waals surface area contributed by atoms with Crippen LogP contribution in [0.15, 0.2) is 0 Å². The average molecular weight is 217 g/mol. The third-order valence-electron chi connectivity index (χ3n) is 2.58. The van der Waals surface area contributed by atoms with Gasteiger partial charge in [-0.2, -0.15) is 0 Å². The topological polar surface area (TPSA) is 43.7 Å². The molecular formula is C12H27NO2. The molecule has 2 N–H and O–H groups in total. The highest BCUT2D eigenvalue weighted by molar-refractivity contribution is 4.82. The van der Waals surface area contributed by atoms with Crippen LogP contribution >= 0.6 is 0 Å². The highest BCUT2D eigenvalue weighted by atomic mass is 16.3. The zero-order chi connectivity index (χ0) is 12.2. The molecule has 3 nitrogen and oxygen atoms in total. The maximum absolute atomic E-state index is 10.2. The number of aliphatic hydroxyl groups is 2. The van der Waals surface area contributed by atoms with Crippen molar-refractivity contribution in [1.29, 1.82) is 0 Å². The summed E-state index contributed by atoms with van der Waals surface area (Å²) in [4.78, 5) is 2.24. The second kappa shape index (κ2) is 5.83. The van der Waals surface area contributed by atoms with E-state index in [-0.39, 0.29) is 0 Å². The zero-order valence-electron chi connectivity index (χ0n) is 11.0. The molecule has 0 radical (unpaired) electrons. The Balaban J connectivity index is 4.38. The van der Waals surface area contributed by atoms with E-state index in [1.54, 1.807) is 13.8 Å². The van der Waals surface area contributed by atoms with Gasteiger partial charge in [-0.3, -0.25) is 4.90 Å². The number of rotatable bonds is 6. The van der Waals surface area contributed by atoms with Gasteiger partial charge >= 0.3 is 0 Å². The molecule has 15 heavy (non-hydrogen) atoms. The lowest BCUT2D eigenvalue weighted by Gasteiger charge is -2.37. The fourth-order valence-corrected chi connectivity index (χ4v) is 2.06. The fraction of sp³-hybridized carbons (Fsp3) is 1.00. The third kappa shape index (κ3) is 6.13. The summed E-state index contributed by atoms with van der Waals surface area (Å²) >= 11 is 0. The van der Waals surface area contributed by atoms with Crippen LogP contribution in [0.4, 0.5) is 0 Å². The normalized spacial score (nSPS) is 18.6. The van der Waals surface area contributed by atoms with Crippen molar-refractivity contribution in [3.05, 3.63) is 0 Å². The quantitative estimate of drug-likeness (QED) is 0.710. The zero-order valence-corrected chi connectivity index (χ0v) is 11.0. The number of hydrogen-bond donors (Lipinski definition) is 2. The van der Waals surface area contributed by atoms with Gasteiger partial charge in [0.05, 0.1) is 11.7 Å². The Kier molecular flexibility index (Phi) is 5.78. The van der Waals surface area contributed by atoms with Gasteiger partial charge in [0.25, 0.3) is 0 Å². The molecule has 0 saturated carbocycles. The molecule has 0 aliphatic heterocycles. The van der Waals surface area contributed by atoms with Gasteiger partial charge in [0.2, 0.25) is 0 Å². The molecule has 0 aliphatic rings. The Labute approximate surface area is 94.1 Å². The van der Waals surface area contributed by atoms with Gasteiger partial charge in [-0.25, -0.2) is 0 Å². The molecule has 0 heterocycles. The molecule has 0 aliphatic carbocycles. The lowest BCUT2D eigenvalue weighted by Crippen LogP contribution is -2.48. The molecule has 0 rings (SSSR count). The molecule has 92 valence electrons. The first-order valence-electron chi connectivity index (χ1n) is 5.82. The Morgan fingerprint density at radius 3 is 1.73 bits per heavy atom. The van der Waals surface area contributed by atoms with Crippen LogP contribution in [0, 0.1) is 0 Å².